The summed E-state index contributed by atoms with van der Waals surface area (Å²) in [5.74, 6) is -0.497. The summed E-state index contributed by atoms with van der Waals surface area (Å²) in [6, 6.07) is 15.4. The van der Waals surface area contributed by atoms with Gasteiger partial charge >= 0.3 is 5.97 Å². The molecule has 4 rings (SSSR count). The Bertz CT molecular complexity index is 1140. The SMILES string of the molecule is Cc1nc(-c2ccccc2)sc1C(=O)N1CCc2cc(OC(C)(C)C(=O)O)ccc2C1. The molecule has 0 unspecified atom stereocenters. The minimum Gasteiger partial charge on any atom is -0.478 e. The number of hydrogen-bond donors (Lipinski definition) is 1. The number of nitrogens with zero attached hydrogens (tertiary/aromatic N) is 2. The molecule has 2 heterocycles. The first-order valence-corrected chi connectivity index (χ1v) is 10.9. The minimum atomic E-state index is -1.30. The molecule has 6 nitrogen and oxygen atoms in total. The van der Waals surface area contributed by atoms with E-state index in [1.54, 1.807) is 6.07 Å². The van der Waals surface area contributed by atoms with Crippen molar-refractivity contribution in [3.63, 3.8) is 0 Å². The van der Waals surface area contributed by atoms with Gasteiger partial charge in [0, 0.05) is 18.7 Å². The first-order valence-electron chi connectivity index (χ1n) is 10.1. The van der Waals surface area contributed by atoms with Gasteiger partial charge in [-0.3, -0.25) is 4.79 Å². The summed E-state index contributed by atoms with van der Waals surface area (Å²) in [5, 5.41) is 10.1. The van der Waals surface area contributed by atoms with Crippen LogP contribution in [0.2, 0.25) is 0 Å². The van der Waals surface area contributed by atoms with Crippen LogP contribution in [0.4, 0.5) is 0 Å². The lowest BCUT2D eigenvalue weighted by atomic mass is 9.99. The molecule has 0 bridgehead atoms. The fraction of sp³-hybridized carbons (Fsp3) is 0.292. The summed E-state index contributed by atoms with van der Waals surface area (Å²) in [6.07, 6.45) is 0.690. The van der Waals surface area contributed by atoms with E-state index in [9.17, 15) is 14.7 Å². The number of hydrogen-bond acceptors (Lipinski definition) is 5. The molecular formula is C24H24N2O4S. The number of benzene rings is 2. The number of rotatable bonds is 5. The molecule has 0 atom stereocenters. The van der Waals surface area contributed by atoms with E-state index >= 15 is 0 Å². The van der Waals surface area contributed by atoms with Crippen molar-refractivity contribution < 1.29 is 19.4 Å². The van der Waals surface area contributed by atoms with E-state index in [-0.39, 0.29) is 5.91 Å². The average molecular weight is 437 g/mol. The number of aryl methyl sites for hydroxylation is 1. The van der Waals surface area contributed by atoms with E-state index in [4.69, 9.17) is 4.74 Å². The Kier molecular flexibility index (Phi) is 5.54. The Balaban J connectivity index is 1.51. The highest BCUT2D eigenvalue weighted by molar-refractivity contribution is 7.17. The second-order valence-electron chi connectivity index (χ2n) is 8.12. The molecule has 3 aromatic rings. The van der Waals surface area contributed by atoms with E-state index in [2.05, 4.69) is 4.98 Å². The molecule has 0 aliphatic carbocycles. The Hall–Kier alpha value is -3.19. The van der Waals surface area contributed by atoms with Crippen LogP contribution in [0.1, 0.15) is 40.3 Å². The van der Waals surface area contributed by atoms with Gasteiger partial charge in [0.25, 0.3) is 5.91 Å². The summed E-state index contributed by atoms with van der Waals surface area (Å²) in [5.41, 5.74) is 2.58. The fourth-order valence-corrected chi connectivity index (χ4v) is 4.59. The summed E-state index contributed by atoms with van der Waals surface area (Å²) < 4.78 is 5.65. The maximum absolute atomic E-state index is 13.2. The van der Waals surface area contributed by atoms with Gasteiger partial charge in [-0.05, 0) is 50.5 Å². The standard InChI is InChI=1S/C24H24N2O4S/c1-15-20(31-21(25-15)16-7-5-4-6-8-16)22(27)26-12-11-17-13-19(10-9-18(17)14-26)30-24(2,3)23(28)29/h4-10,13H,11-12,14H2,1-3H3,(H,28,29). The van der Waals surface area contributed by atoms with E-state index in [1.165, 1.54) is 25.2 Å². The van der Waals surface area contributed by atoms with Gasteiger partial charge in [-0.25, -0.2) is 9.78 Å². The lowest BCUT2D eigenvalue weighted by molar-refractivity contribution is -0.152. The van der Waals surface area contributed by atoms with Crippen molar-refractivity contribution in [1.29, 1.82) is 0 Å². The Morgan fingerprint density at radius 2 is 1.87 bits per heavy atom. The third kappa shape index (κ3) is 4.32. The number of fused-ring (bicyclic) bond motifs is 1. The number of carbonyl (C=O) groups is 2. The molecular weight excluding hydrogens is 412 g/mol. The fourth-order valence-electron chi connectivity index (χ4n) is 3.55. The second-order valence-corrected chi connectivity index (χ2v) is 9.12. The quantitative estimate of drug-likeness (QED) is 0.634. The Morgan fingerprint density at radius 3 is 2.58 bits per heavy atom. The molecule has 7 heteroatoms. The molecule has 1 N–H and O–H groups in total. The number of amides is 1. The van der Waals surface area contributed by atoms with Crippen molar-refractivity contribution in [1.82, 2.24) is 9.88 Å². The molecule has 2 aromatic carbocycles. The summed E-state index contributed by atoms with van der Waals surface area (Å²) >= 11 is 1.43. The number of aliphatic carboxylic acids is 1. The van der Waals surface area contributed by atoms with Crippen molar-refractivity contribution in [3.8, 4) is 16.3 Å². The largest absolute Gasteiger partial charge is 0.478 e. The molecule has 1 aromatic heterocycles. The van der Waals surface area contributed by atoms with Crippen molar-refractivity contribution >= 4 is 23.2 Å². The first kappa shape index (κ1) is 21.1. The van der Waals surface area contributed by atoms with Gasteiger partial charge in [-0.1, -0.05) is 36.4 Å². The van der Waals surface area contributed by atoms with Crippen LogP contribution in [0.3, 0.4) is 0 Å². The highest BCUT2D eigenvalue weighted by atomic mass is 32.1. The average Bonchev–Trinajstić information content (AvgIpc) is 3.14. The van der Waals surface area contributed by atoms with Gasteiger partial charge < -0.3 is 14.7 Å². The summed E-state index contributed by atoms with van der Waals surface area (Å²) in [7, 11) is 0. The van der Waals surface area contributed by atoms with Gasteiger partial charge in [-0.15, -0.1) is 11.3 Å². The molecule has 0 radical (unpaired) electrons. The van der Waals surface area contributed by atoms with Crippen LogP contribution in [0.5, 0.6) is 5.75 Å². The molecule has 160 valence electrons. The third-order valence-corrected chi connectivity index (χ3v) is 6.57. The number of ether oxygens (including phenoxy) is 1. The molecule has 1 amide bonds. The summed E-state index contributed by atoms with van der Waals surface area (Å²) in [6.45, 7) is 6.03. The van der Waals surface area contributed by atoms with Gasteiger partial charge in [0.05, 0.1) is 5.69 Å². The molecule has 31 heavy (non-hydrogen) atoms. The van der Waals surface area contributed by atoms with Crippen LogP contribution in [0.25, 0.3) is 10.6 Å². The van der Waals surface area contributed by atoms with Crippen LogP contribution >= 0.6 is 11.3 Å². The molecule has 0 saturated heterocycles. The number of carboxylic acid groups (broad SMARTS) is 1. The van der Waals surface area contributed by atoms with Crippen molar-refractivity contribution in [2.75, 3.05) is 6.54 Å². The van der Waals surface area contributed by atoms with Crippen LogP contribution in [-0.4, -0.2) is 39.0 Å². The molecule has 0 spiro atoms. The van der Waals surface area contributed by atoms with Crippen LogP contribution < -0.4 is 4.74 Å². The minimum absolute atomic E-state index is 0.00447. The van der Waals surface area contributed by atoms with Gasteiger partial charge in [0.1, 0.15) is 15.6 Å². The number of thiazole rings is 1. The van der Waals surface area contributed by atoms with Crippen LogP contribution in [-0.2, 0) is 17.8 Å². The number of aromatic nitrogens is 1. The Labute approximate surface area is 185 Å². The van der Waals surface area contributed by atoms with Crippen molar-refractivity contribution in [2.45, 2.75) is 39.3 Å². The maximum Gasteiger partial charge on any atom is 0.347 e. The molecule has 1 aliphatic heterocycles. The number of carbonyl (C=O) groups excluding carboxylic acids is 1. The Morgan fingerprint density at radius 1 is 1.13 bits per heavy atom. The lowest BCUT2D eigenvalue weighted by Gasteiger charge is -2.29. The highest BCUT2D eigenvalue weighted by Gasteiger charge is 2.30. The van der Waals surface area contributed by atoms with Gasteiger partial charge in [-0.2, -0.15) is 0 Å². The van der Waals surface area contributed by atoms with Crippen LogP contribution in [0, 0.1) is 6.92 Å². The van der Waals surface area contributed by atoms with E-state index in [1.807, 2.05) is 54.3 Å². The molecule has 1 aliphatic rings. The highest BCUT2D eigenvalue weighted by Crippen LogP contribution is 2.31. The van der Waals surface area contributed by atoms with E-state index in [0.717, 1.165) is 27.4 Å². The normalized spacial score (nSPS) is 13.6. The predicted octanol–water partition coefficient (Wildman–Crippen LogP) is 4.56. The van der Waals surface area contributed by atoms with Crippen LogP contribution in [0.15, 0.2) is 48.5 Å². The van der Waals surface area contributed by atoms with Crippen molar-refractivity contribution in [3.05, 3.63) is 70.2 Å². The third-order valence-electron chi connectivity index (χ3n) is 5.38. The zero-order valence-electron chi connectivity index (χ0n) is 17.7. The molecule has 0 fully saturated rings. The lowest BCUT2D eigenvalue weighted by Crippen LogP contribution is -2.38. The monoisotopic (exact) mass is 436 g/mol. The number of carboxylic acids is 1. The predicted molar refractivity (Wildman–Crippen MR) is 120 cm³/mol. The molecule has 0 saturated carbocycles. The van der Waals surface area contributed by atoms with Gasteiger partial charge in [0.2, 0.25) is 0 Å². The zero-order valence-corrected chi connectivity index (χ0v) is 18.5. The van der Waals surface area contributed by atoms with Crippen molar-refractivity contribution in [2.24, 2.45) is 0 Å². The first-order chi connectivity index (χ1) is 14.7. The van der Waals surface area contributed by atoms with Gasteiger partial charge in [0.15, 0.2) is 5.60 Å². The van der Waals surface area contributed by atoms with E-state index in [0.29, 0.717) is 30.1 Å². The summed E-state index contributed by atoms with van der Waals surface area (Å²) in [4.78, 5) is 31.7. The van der Waals surface area contributed by atoms with E-state index < -0.39 is 11.6 Å². The smallest absolute Gasteiger partial charge is 0.347 e. The maximum atomic E-state index is 13.2. The second kappa shape index (κ2) is 8.15. The topological polar surface area (TPSA) is 79.7 Å². The zero-order chi connectivity index (χ0) is 22.2.